The van der Waals surface area contributed by atoms with E-state index in [-0.39, 0.29) is 11.5 Å². The summed E-state index contributed by atoms with van der Waals surface area (Å²) >= 11 is 0. The number of fused-ring (bicyclic) bond motifs is 1. The second kappa shape index (κ2) is 8.86. The number of nitrogens with one attached hydrogen (secondary N) is 1. The molecule has 0 fully saturated rings. The first-order chi connectivity index (χ1) is 13.2. The van der Waals surface area contributed by atoms with E-state index in [0.29, 0.717) is 6.54 Å². The summed E-state index contributed by atoms with van der Waals surface area (Å²) in [5.74, 6) is -0.320. The Kier molecular flexibility index (Phi) is 6.06. The molecule has 4 heteroatoms. The summed E-state index contributed by atoms with van der Waals surface area (Å²) in [5.41, 5.74) is 3.37. The highest BCUT2D eigenvalue weighted by Gasteiger charge is 2.11. The third-order valence-electron chi connectivity index (χ3n) is 4.60. The number of aromatic nitrogens is 1. The van der Waals surface area contributed by atoms with Crippen LogP contribution in [0.25, 0.3) is 17.0 Å². The average Bonchev–Trinajstić information content (AvgIpc) is 3.07. The van der Waals surface area contributed by atoms with Gasteiger partial charge in [0.05, 0.1) is 0 Å². The minimum absolute atomic E-state index is 0.133. The summed E-state index contributed by atoms with van der Waals surface area (Å²) in [4.78, 5) is 12.4. The first-order valence-electron chi connectivity index (χ1n) is 9.24. The topological polar surface area (TPSA) is 57.8 Å². The molecule has 0 radical (unpaired) electrons. The van der Waals surface area contributed by atoms with Crippen LogP contribution < -0.4 is 5.32 Å². The third kappa shape index (κ3) is 4.45. The molecule has 0 aliphatic carbocycles. The van der Waals surface area contributed by atoms with Crippen molar-refractivity contribution in [3.63, 3.8) is 0 Å². The molecule has 27 heavy (non-hydrogen) atoms. The van der Waals surface area contributed by atoms with Crippen molar-refractivity contribution in [2.24, 2.45) is 0 Å². The molecular weight excluding hydrogens is 334 g/mol. The van der Waals surface area contributed by atoms with Crippen LogP contribution in [0.4, 0.5) is 0 Å². The van der Waals surface area contributed by atoms with Gasteiger partial charge in [0.1, 0.15) is 11.6 Å². The van der Waals surface area contributed by atoms with Crippen LogP contribution in [0.15, 0.2) is 66.4 Å². The van der Waals surface area contributed by atoms with E-state index in [1.54, 1.807) is 6.08 Å². The number of hydrogen-bond donors (Lipinski definition) is 1. The maximum Gasteiger partial charge on any atom is 0.261 e. The van der Waals surface area contributed by atoms with Crippen LogP contribution >= 0.6 is 0 Å². The van der Waals surface area contributed by atoms with Crippen LogP contribution in [0.3, 0.4) is 0 Å². The zero-order valence-corrected chi connectivity index (χ0v) is 15.5. The molecule has 3 rings (SSSR count). The van der Waals surface area contributed by atoms with Crippen LogP contribution in [-0.2, 0) is 17.8 Å². The molecule has 3 aromatic rings. The predicted molar refractivity (Wildman–Crippen MR) is 109 cm³/mol. The number of carbonyl (C=O) groups excluding carboxylic acids is 1. The van der Waals surface area contributed by atoms with E-state index in [4.69, 9.17) is 0 Å². The molecule has 4 nitrogen and oxygen atoms in total. The van der Waals surface area contributed by atoms with Crippen LogP contribution in [0.2, 0.25) is 0 Å². The molecule has 1 heterocycles. The van der Waals surface area contributed by atoms with Gasteiger partial charge in [-0.3, -0.25) is 4.79 Å². The number of amides is 1. The minimum Gasteiger partial charge on any atom is -0.351 e. The number of aryl methyl sites for hydroxylation is 2. The summed E-state index contributed by atoms with van der Waals surface area (Å²) in [6, 6.07) is 20.2. The highest BCUT2D eigenvalue weighted by molar-refractivity contribution is 6.04. The van der Waals surface area contributed by atoms with Crippen molar-refractivity contribution in [1.82, 2.24) is 9.88 Å². The maximum atomic E-state index is 12.4. The van der Waals surface area contributed by atoms with Gasteiger partial charge >= 0.3 is 0 Å². The molecule has 0 aliphatic heterocycles. The lowest BCUT2D eigenvalue weighted by Crippen LogP contribution is -2.25. The molecule has 0 saturated heterocycles. The van der Waals surface area contributed by atoms with Gasteiger partial charge in [-0.25, -0.2) is 0 Å². The molecule has 0 saturated carbocycles. The van der Waals surface area contributed by atoms with Crippen molar-refractivity contribution < 1.29 is 4.79 Å². The van der Waals surface area contributed by atoms with Crippen molar-refractivity contribution in [3.8, 4) is 6.07 Å². The number of para-hydroxylation sites is 1. The Morgan fingerprint density at radius 1 is 1.15 bits per heavy atom. The molecule has 136 valence electrons. The average molecular weight is 357 g/mol. The number of nitrogens with zero attached hydrogens (tertiary/aromatic N) is 2. The van der Waals surface area contributed by atoms with E-state index in [1.807, 2.05) is 54.7 Å². The summed E-state index contributed by atoms with van der Waals surface area (Å²) in [5, 5.41) is 13.3. The number of benzene rings is 2. The first kappa shape index (κ1) is 18.5. The van der Waals surface area contributed by atoms with Gasteiger partial charge in [-0.15, -0.1) is 0 Å². The number of carbonyl (C=O) groups is 1. The molecular formula is C23H23N3O. The fourth-order valence-corrected chi connectivity index (χ4v) is 3.19. The van der Waals surface area contributed by atoms with Crippen molar-refractivity contribution in [2.75, 3.05) is 6.54 Å². The Morgan fingerprint density at radius 2 is 1.89 bits per heavy atom. The van der Waals surface area contributed by atoms with Gasteiger partial charge in [0.15, 0.2) is 0 Å². The summed E-state index contributed by atoms with van der Waals surface area (Å²) < 4.78 is 2.12. The summed E-state index contributed by atoms with van der Waals surface area (Å²) in [6.07, 6.45) is 5.41. The standard InChI is InChI=1S/C23H23N3O/c1-2-26-17-20(21-12-6-7-13-22(21)26)15-19(16-24)23(27)25-14-8-11-18-9-4-3-5-10-18/h3-7,9-10,12-13,15,17H,2,8,11,14H2,1H3,(H,25,27)/b19-15-. The Morgan fingerprint density at radius 3 is 2.63 bits per heavy atom. The monoisotopic (exact) mass is 357 g/mol. The molecule has 0 spiro atoms. The molecule has 2 aromatic carbocycles. The minimum atomic E-state index is -0.320. The normalized spacial score (nSPS) is 11.3. The van der Waals surface area contributed by atoms with Gasteiger partial charge in [-0.2, -0.15) is 5.26 Å². The van der Waals surface area contributed by atoms with Gasteiger partial charge in [0.25, 0.3) is 5.91 Å². The fourth-order valence-electron chi connectivity index (χ4n) is 3.19. The lowest BCUT2D eigenvalue weighted by atomic mass is 10.1. The van der Waals surface area contributed by atoms with Gasteiger partial charge in [-0.05, 0) is 37.5 Å². The predicted octanol–water partition coefficient (Wildman–Crippen LogP) is 4.32. The highest BCUT2D eigenvalue weighted by Crippen LogP contribution is 2.23. The van der Waals surface area contributed by atoms with E-state index in [2.05, 4.69) is 28.9 Å². The Balaban J connectivity index is 1.67. The zero-order chi connectivity index (χ0) is 19.1. The number of hydrogen-bond acceptors (Lipinski definition) is 2. The summed E-state index contributed by atoms with van der Waals surface area (Å²) in [6.45, 7) is 3.45. The van der Waals surface area contributed by atoms with Crippen LogP contribution in [0, 0.1) is 11.3 Å². The fraction of sp³-hybridized carbons (Fsp3) is 0.217. The second-order valence-corrected chi connectivity index (χ2v) is 6.40. The van der Waals surface area contributed by atoms with Crippen LogP contribution in [-0.4, -0.2) is 17.0 Å². The highest BCUT2D eigenvalue weighted by atomic mass is 16.1. The molecule has 0 aliphatic rings. The Bertz CT molecular complexity index is 993. The Labute approximate surface area is 159 Å². The molecule has 1 aromatic heterocycles. The van der Waals surface area contributed by atoms with Crippen LogP contribution in [0.5, 0.6) is 0 Å². The van der Waals surface area contributed by atoms with Crippen molar-refractivity contribution in [1.29, 1.82) is 5.26 Å². The van der Waals surface area contributed by atoms with Gasteiger partial charge in [0, 0.05) is 35.8 Å². The molecule has 0 atom stereocenters. The molecule has 0 unspecified atom stereocenters. The second-order valence-electron chi connectivity index (χ2n) is 6.40. The van der Waals surface area contributed by atoms with Gasteiger partial charge in [-0.1, -0.05) is 48.5 Å². The number of rotatable bonds is 7. The van der Waals surface area contributed by atoms with Crippen molar-refractivity contribution in [2.45, 2.75) is 26.3 Å². The SMILES string of the molecule is CCn1cc(/C=C(/C#N)C(=O)NCCCc2ccccc2)c2ccccc21. The van der Waals surface area contributed by atoms with E-state index < -0.39 is 0 Å². The van der Waals surface area contributed by atoms with E-state index in [1.165, 1.54) is 5.56 Å². The van der Waals surface area contributed by atoms with E-state index >= 15 is 0 Å². The van der Waals surface area contributed by atoms with E-state index in [9.17, 15) is 10.1 Å². The lowest BCUT2D eigenvalue weighted by molar-refractivity contribution is -0.117. The van der Waals surface area contributed by atoms with E-state index in [0.717, 1.165) is 35.9 Å². The van der Waals surface area contributed by atoms with Gasteiger partial charge in [0.2, 0.25) is 0 Å². The third-order valence-corrected chi connectivity index (χ3v) is 4.60. The van der Waals surface area contributed by atoms with Crippen LogP contribution in [0.1, 0.15) is 24.5 Å². The molecule has 1 amide bonds. The lowest BCUT2D eigenvalue weighted by Gasteiger charge is -2.04. The largest absolute Gasteiger partial charge is 0.351 e. The summed E-state index contributed by atoms with van der Waals surface area (Å²) in [7, 11) is 0. The maximum absolute atomic E-state index is 12.4. The first-order valence-corrected chi connectivity index (χ1v) is 9.24. The quantitative estimate of drug-likeness (QED) is 0.389. The van der Waals surface area contributed by atoms with Gasteiger partial charge < -0.3 is 9.88 Å². The molecule has 1 N–H and O–H groups in total. The zero-order valence-electron chi connectivity index (χ0n) is 15.5. The Hall–Kier alpha value is -3.32. The smallest absolute Gasteiger partial charge is 0.261 e. The van der Waals surface area contributed by atoms with Crippen molar-refractivity contribution >= 4 is 22.9 Å². The van der Waals surface area contributed by atoms with Crippen molar-refractivity contribution in [3.05, 3.63) is 77.5 Å². The number of nitriles is 1. The molecule has 0 bridgehead atoms.